The second-order valence-corrected chi connectivity index (χ2v) is 6.30. The molecule has 120 valence electrons. The smallest absolute Gasteiger partial charge is 0.169 e. The monoisotopic (exact) mass is 309 g/mol. The molecule has 0 aliphatic carbocycles. The topological polar surface area (TPSA) is 22.7 Å². The zero-order valence-electron chi connectivity index (χ0n) is 14.5. The van der Waals surface area contributed by atoms with Gasteiger partial charge in [0.25, 0.3) is 0 Å². The minimum atomic E-state index is 1.02. The molecule has 2 aromatic rings. The molecule has 0 unspecified atom stereocenters. The fraction of sp³-hybridized carbons (Fsp3) is 0.368. The zero-order chi connectivity index (χ0) is 16.4. The van der Waals surface area contributed by atoms with Crippen LogP contribution in [0.1, 0.15) is 24.5 Å². The lowest BCUT2D eigenvalue weighted by Gasteiger charge is -2.28. The molecule has 1 aliphatic heterocycles. The summed E-state index contributed by atoms with van der Waals surface area (Å²) in [6.07, 6.45) is 6.46. The number of fused-ring (bicyclic) bond motifs is 1. The van der Waals surface area contributed by atoms with Crippen molar-refractivity contribution in [1.29, 1.82) is 0 Å². The first kappa shape index (κ1) is 15.5. The molecule has 1 aromatic heterocycles. The van der Waals surface area contributed by atoms with Gasteiger partial charge in [-0.2, -0.15) is 5.10 Å². The lowest BCUT2D eigenvalue weighted by Crippen LogP contribution is -2.26. The van der Waals surface area contributed by atoms with Crippen molar-refractivity contribution in [3.63, 3.8) is 0 Å². The van der Waals surface area contributed by atoms with Gasteiger partial charge in [-0.05, 0) is 43.5 Å². The Labute approximate surface area is 138 Å². The van der Waals surface area contributed by atoms with Crippen molar-refractivity contribution in [3.8, 4) is 0 Å². The molecule has 2 heterocycles. The number of aromatic nitrogens is 1. The molecular formula is C19H25N4+. The van der Waals surface area contributed by atoms with Gasteiger partial charge >= 0.3 is 0 Å². The van der Waals surface area contributed by atoms with Crippen LogP contribution in [-0.2, 0) is 13.5 Å². The van der Waals surface area contributed by atoms with Crippen molar-refractivity contribution in [2.45, 2.75) is 19.8 Å². The van der Waals surface area contributed by atoms with Gasteiger partial charge in [-0.15, -0.1) is 0 Å². The van der Waals surface area contributed by atoms with Crippen LogP contribution in [0.4, 0.5) is 11.4 Å². The molecule has 0 N–H and O–H groups in total. The summed E-state index contributed by atoms with van der Waals surface area (Å²) in [5, 5.41) is 6.71. The van der Waals surface area contributed by atoms with Crippen LogP contribution in [0.2, 0.25) is 0 Å². The number of anilines is 2. The van der Waals surface area contributed by atoms with E-state index in [1.165, 1.54) is 17.7 Å². The van der Waals surface area contributed by atoms with Gasteiger partial charge in [0.05, 0.1) is 11.4 Å². The summed E-state index contributed by atoms with van der Waals surface area (Å²) in [6, 6.07) is 10.8. The Bertz CT molecular complexity index is 719. The number of rotatable bonds is 3. The van der Waals surface area contributed by atoms with E-state index in [0.29, 0.717) is 0 Å². The van der Waals surface area contributed by atoms with Gasteiger partial charge in [0.1, 0.15) is 7.05 Å². The van der Waals surface area contributed by atoms with Crippen molar-refractivity contribution >= 4 is 17.1 Å². The molecular weight excluding hydrogens is 284 g/mol. The van der Waals surface area contributed by atoms with Crippen molar-refractivity contribution in [2.75, 3.05) is 30.5 Å². The van der Waals surface area contributed by atoms with E-state index in [-0.39, 0.29) is 0 Å². The molecule has 0 radical (unpaired) electrons. The summed E-state index contributed by atoms with van der Waals surface area (Å²) < 4.78 is 2.03. The lowest BCUT2D eigenvalue weighted by molar-refractivity contribution is -0.671. The largest absolute Gasteiger partial charge is 0.374 e. The Balaban J connectivity index is 1.84. The molecule has 3 rings (SSSR count). The molecule has 1 aliphatic rings. The third kappa shape index (κ3) is 3.36. The highest BCUT2D eigenvalue weighted by Gasteiger charge is 2.14. The van der Waals surface area contributed by atoms with E-state index >= 15 is 0 Å². The van der Waals surface area contributed by atoms with Crippen LogP contribution in [-0.4, -0.2) is 26.4 Å². The van der Waals surface area contributed by atoms with E-state index < -0.39 is 0 Å². The molecule has 4 nitrogen and oxygen atoms in total. The van der Waals surface area contributed by atoms with E-state index in [1.54, 1.807) is 0 Å². The Morgan fingerprint density at radius 2 is 1.96 bits per heavy atom. The van der Waals surface area contributed by atoms with E-state index in [4.69, 9.17) is 5.10 Å². The molecule has 0 bridgehead atoms. The molecule has 0 fully saturated rings. The molecule has 0 spiro atoms. The number of aryl methyl sites for hydroxylation is 2. The lowest BCUT2D eigenvalue weighted by atomic mass is 10.0. The number of hydrogen-bond acceptors (Lipinski definition) is 3. The van der Waals surface area contributed by atoms with Crippen LogP contribution in [0.3, 0.4) is 0 Å². The average molecular weight is 309 g/mol. The van der Waals surface area contributed by atoms with Crippen LogP contribution in [0.25, 0.3) is 0 Å². The fourth-order valence-electron chi connectivity index (χ4n) is 3.06. The Morgan fingerprint density at radius 3 is 2.70 bits per heavy atom. The Kier molecular flexibility index (Phi) is 4.33. The molecule has 0 saturated carbocycles. The summed E-state index contributed by atoms with van der Waals surface area (Å²) in [5.41, 5.74) is 6.07. The maximum atomic E-state index is 4.74. The first-order valence-corrected chi connectivity index (χ1v) is 8.13. The predicted octanol–water partition coefficient (Wildman–Crippen LogP) is 2.75. The number of benzene rings is 1. The fourth-order valence-corrected chi connectivity index (χ4v) is 3.06. The van der Waals surface area contributed by atoms with Crippen molar-refractivity contribution < 1.29 is 4.57 Å². The van der Waals surface area contributed by atoms with Crippen molar-refractivity contribution in [2.24, 2.45) is 12.1 Å². The Morgan fingerprint density at radius 1 is 1.22 bits per heavy atom. The first-order chi connectivity index (χ1) is 11.0. The van der Waals surface area contributed by atoms with E-state index in [1.807, 2.05) is 36.1 Å². The summed E-state index contributed by atoms with van der Waals surface area (Å²) in [6.45, 7) is 3.20. The van der Waals surface area contributed by atoms with Crippen LogP contribution < -0.4 is 14.5 Å². The summed E-state index contributed by atoms with van der Waals surface area (Å²) in [7, 11) is 6.20. The SMILES string of the molecule is C/C(=N\N(C)c1ccc2c(c1)CCCN2C)c1cc[n+](C)cc1. The van der Waals surface area contributed by atoms with Gasteiger partial charge in [-0.25, -0.2) is 4.57 Å². The maximum absolute atomic E-state index is 4.74. The highest BCUT2D eigenvalue weighted by atomic mass is 15.4. The second kappa shape index (κ2) is 6.41. The van der Waals surface area contributed by atoms with E-state index in [0.717, 1.165) is 29.9 Å². The third-order valence-electron chi connectivity index (χ3n) is 4.48. The third-order valence-corrected chi connectivity index (χ3v) is 4.48. The number of pyridine rings is 1. The summed E-state index contributed by atoms with van der Waals surface area (Å²) in [4.78, 5) is 2.33. The summed E-state index contributed by atoms with van der Waals surface area (Å²) >= 11 is 0. The van der Waals surface area contributed by atoms with Gasteiger partial charge in [0, 0.05) is 44.0 Å². The number of hydrazone groups is 1. The quantitative estimate of drug-likeness (QED) is 0.494. The Hall–Kier alpha value is -2.36. The van der Waals surface area contributed by atoms with Gasteiger partial charge in [0.15, 0.2) is 12.4 Å². The maximum Gasteiger partial charge on any atom is 0.169 e. The highest BCUT2D eigenvalue weighted by molar-refractivity contribution is 5.98. The van der Waals surface area contributed by atoms with E-state index in [2.05, 4.69) is 49.2 Å². The molecule has 23 heavy (non-hydrogen) atoms. The van der Waals surface area contributed by atoms with Crippen LogP contribution in [0.15, 0.2) is 47.8 Å². The molecule has 0 saturated heterocycles. The normalized spacial score (nSPS) is 14.6. The zero-order valence-corrected chi connectivity index (χ0v) is 14.5. The van der Waals surface area contributed by atoms with Gasteiger partial charge in [-0.1, -0.05) is 0 Å². The predicted molar refractivity (Wildman–Crippen MR) is 96.3 cm³/mol. The number of nitrogens with zero attached hydrogens (tertiary/aromatic N) is 4. The van der Waals surface area contributed by atoms with Gasteiger partial charge in [-0.3, -0.25) is 5.01 Å². The van der Waals surface area contributed by atoms with Crippen molar-refractivity contribution in [3.05, 3.63) is 53.9 Å². The van der Waals surface area contributed by atoms with Gasteiger partial charge < -0.3 is 4.90 Å². The molecule has 1 aromatic carbocycles. The van der Waals surface area contributed by atoms with Crippen LogP contribution >= 0.6 is 0 Å². The van der Waals surface area contributed by atoms with Crippen LogP contribution in [0, 0.1) is 0 Å². The van der Waals surface area contributed by atoms with Crippen LogP contribution in [0.5, 0.6) is 0 Å². The van der Waals surface area contributed by atoms with Gasteiger partial charge in [0.2, 0.25) is 0 Å². The minimum Gasteiger partial charge on any atom is -0.374 e. The highest BCUT2D eigenvalue weighted by Crippen LogP contribution is 2.29. The summed E-state index contributed by atoms with van der Waals surface area (Å²) in [5.74, 6) is 0. The molecule has 4 heteroatoms. The average Bonchev–Trinajstić information content (AvgIpc) is 2.55. The first-order valence-electron chi connectivity index (χ1n) is 8.13. The number of hydrogen-bond donors (Lipinski definition) is 0. The van der Waals surface area contributed by atoms with Crippen molar-refractivity contribution in [1.82, 2.24) is 0 Å². The second-order valence-electron chi connectivity index (χ2n) is 6.30. The standard InChI is InChI=1S/C19H25N4/c1-15(16-9-12-21(2)13-10-16)20-23(4)18-7-8-19-17(14-18)6-5-11-22(19)3/h7-10,12-14H,5-6,11H2,1-4H3/q+1. The minimum absolute atomic E-state index is 1.02. The van der Waals surface area contributed by atoms with E-state index in [9.17, 15) is 0 Å². The molecule has 0 amide bonds. The molecule has 0 atom stereocenters.